The number of anilines is 1. The van der Waals surface area contributed by atoms with Gasteiger partial charge in [0.25, 0.3) is 11.8 Å². The standard InChI is InChI=1S/C21H25ClN2O4/c1-4-24(5-2)21(26)14-28-19-11-8-16(12-18(19)22)23-20(25)13-27-17-9-6-15(3)7-10-17/h6-12H,4-5,13-14H2,1-3H3,(H,23,25). The van der Waals surface area contributed by atoms with E-state index in [1.54, 1.807) is 23.1 Å². The van der Waals surface area contributed by atoms with E-state index < -0.39 is 0 Å². The number of carbonyl (C=O) groups is 2. The van der Waals surface area contributed by atoms with Crippen LogP contribution in [0.25, 0.3) is 0 Å². The van der Waals surface area contributed by atoms with Crippen molar-refractivity contribution in [2.45, 2.75) is 20.8 Å². The number of nitrogens with one attached hydrogen (secondary N) is 1. The molecule has 7 heteroatoms. The van der Waals surface area contributed by atoms with Gasteiger partial charge in [0.05, 0.1) is 5.02 Å². The summed E-state index contributed by atoms with van der Waals surface area (Å²) in [6.45, 7) is 6.86. The maximum atomic E-state index is 12.0. The number of hydrogen-bond donors (Lipinski definition) is 1. The minimum atomic E-state index is -0.304. The van der Waals surface area contributed by atoms with Crippen molar-refractivity contribution in [3.8, 4) is 11.5 Å². The summed E-state index contributed by atoms with van der Waals surface area (Å²) in [5.41, 5.74) is 1.64. The molecule has 0 aromatic heterocycles. The molecule has 0 aliphatic carbocycles. The van der Waals surface area contributed by atoms with Gasteiger partial charge in [0.1, 0.15) is 11.5 Å². The molecular weight excluding hydrogens is 380 g/mol. The number of carbonyl (C=O) groups excluding carboxylic acids is 2. The second-order valence-electron chi connectivity index (χ2n) is 6.15. The van der Waals surface area contributed by atoms with Crippen molar-refractivity contribution in [2.24, 2.45) is 0 Å². The second kappa shape index (κ2) is 10.6. The highest BCUT2D eigenvalue weighted by molar-refractivity contribution is 6.32. The van der Waals surface area contributed by atoms with E-state index in [0.29, 0.717) is 35.3 Å². The Morgan fingerprint density at radius 2 is 1.68 bits per heavy atom. The average Bonchev–Trinajstić information content (AvgIpc) is 2.68. The summed E-state index contributed by atoms with van der Waals surface area (Å²) < 4.78 is 10.9. The fourth-order valence-electron chi connectivity index (χ4n) is 2.48. The van der Waals surface area contributed by atoms with Gasteiger partial charge >= 0.3 is 0 Å². The van der Waals surface area contributed by atoms with Crippen molar-refractivity contribution >= 4 is 29.1 Å². The molecule has 0 bridgehead atoms. The molecule has 150 valence electrons. The highest BCUT2D eigenvalue weighted by Crippen LogP contribution is 2.27. The monoisotopic (exact) mass is 404 g/mol. The van der Waals surface area contributed by atoms with Crippen LogP contribution in [0.15, 0.2) is 42.5 Å². The molecule has 0 aliphatic rings. The molecule has 0 atom stereocenters. The highest BCUT2D eigenvalue weighted by atomic mass is 35.5. The Bertz CT molecular complexity index is 805. The largest absolute Gasteiger partial charge is 0.484 e. The van der Waals surface area contributed by atoms with Crippen LogP contribution in [0.1, 0.15) is 19.4 Å². The van der Waals surface area contributed by atoms with Crippen molar-refractivity contribution in [2.75, 3.05) is 31.6 Å². The van der Waals surface area contributed by atoms with Crippen molar-refractivity contribution in [3.63, 3.8) is 0 Å². The number of aryl methyl sites for hydroxylation is 1. The van der Waals surface area contributed by atoms with E-state index in [9.17, 15) is 9.59 Å². The van der Waals surface area contributed by atoms with E-state index >= 15 is 0 Å². The highest BCUT2D eigenvalue weighted by Gasteiger charge is 2.12. The van der Waals surface area contributed by atoms with Gasteiger partial charge in [-0.15, -0.1) is 0 Å². The third-order valence-electron chi connectivity index (χ3n) is 4.07. The Hall–Kier alpha value is -2.73. The summed E-state index contributed by atoms with van der Waals surface area (Å²) in [7, 11) is 0. The quantitative estimate of drug-likeness (QED) is 0.688. The molecule has 0 heterocycles. The summed E-state index contributed by atoms with van der Waals surface area (Å²) >= 11 is 6.20. The number of ether oxygens (including phenoxy) is 2. The van der Waals surface area contributed by atoms with Gasteiger partial charge in [-0.25, -0.2) is 0 Å². The molecule has 28 heavy (non-hydrogen) atoms. The molecule has 0 saturated carbocycles. The van der Waals surface area contributed by atoms with Crippen LogP contribution in [0, 0.1) is 6.92 Å². The maximum absolute atomic E-state index is 12.0. The maximum Gasteiger partial charge on any atom is 0.262 e. The van der Waals surface area contributed by atoms with Gasteiger partial charge in [-0.2, -0.15) is 0 Å². The summed E-state index contributed by atoms with van der Waals surface area (Å²) in [5, 5.41) is 3.02. The van der Waals surface area contributed by atoms with Gasteiger partial charge in [-0.1, -0.05) is 29.3 Å². The molecule has 2 aromatic carbocycles. The second-order valence-corrected chi connectivity index (χ2v) is 6.56. The zero-order valence-corrected chi connectivity index (χ0v) is 17.1. The van der Waals surface area contributed by atoms with Crippen molar-refractivity contribution in [1.29, 1.82) is 0 Å². The SMILES string of the molecule is CCN(CC)C(=O)COc1ccc(NC(=O)COc2ccc(C)cc2)cc1Cl. The van der Waals surface area contributed by atoms with Gasteiger partial charge in [0, 0.05) is 18.8 Å². The molecule has 6 nitrogen and oxygen atoms in total. The van der Waals surface area contributed by atoms with E-state index in [4.69, 9.17) is 21.1 Å². The third kappa shape index (κ3) is 6.46. The van der Waals surface area contributed by atoms with Crippen molar-refractivity contribution in [3.05, 3.63) is 53.1 Å². The van der Waals surface area contributed by atoms with Gasteiger partial charge in [-0.05, 0) is 51.1 Å². The zero-order chi connectivity index (χ0) is 20.5. The molecule has 0 spiro atoms. The van der Waals surface area contributed by atoms with Crippen LogP contribution in [0.4, 0.5) is 5.69 Å². The predicted molar refractivity (Wildman–Crippen MR) is 110 cm³/mol. The number of benzene rings is 2. The summed E-state index contributed by atoms with van der Waals surface area (Å²) in [6.07, 6.45) is 0. The first-order valence-corrected chi connectivity index (χ1v) is 9.50. The summed E-state index contributed by atoms with van der Waals surface area (Å²) in [4.78, 5) is 25.7. The van der Waals surface area contributed by atoms with Crippen LogP contribution in [0.5, 0.6) is 11.5 Å². The average molecular weight is 405 g/mol. The normalized spacial score (nSPS) is 10.3. The van der Waals surface area contributed by atoms with E-state index in [2.05, 4.69) is 5.32 Å². The molecule has 2 amide bonds. The number of halogens is 1. The minimum absolute atomic E-state index is 0.0858. The van der Waals surface area contributed by atoms with Crippen LogP contribution in [-0.2, 0) is 9.59 Å². The molecule has 0 radical (unpaired) electrons. The van der Waals surface area contributed by atoms with Gasteiger partial charge in [-0.3, -0.25) is 9.59 Å². The van der Waals surface area contributed by atoms with Crippen molar-refractivity contribution < 1.29 is 19.1 Å². The minimum Gasteiger partial charge on any atom is -0.484 e. The Morgan fingerprint density at radius 1 is 1.00 bits per heavy atom. The predicted octanol–water partition coefficient (Wildman–Crippen LogP) is 3.91. The van der Waals surface area contributed by atoms with Crippen LogP contribution in [0.2, 0.25) is 5.02 Å². The smallest absolute Gasteiger partial charge is 0.262 e. The van der Waals surface area contributed by atoms with E-state index in [-0.39, 0.29) is 25.0 Å². The Labute approximate surface area is 170 Å². The van der Waals surface area contributed by atoms with Crippen LogP contribution in [0.3, 0.4) is 0 Å². The van der Waals surface area contributed by atoms with Gasteiger partial charge in [0.15, 0.2) is 13.2 Å². The Kier molecular flexibility index (Phi) is 8.14. The molecule has 0 aliphatic heterocycles. The number of nitrogens with zero attached hydrogens (tertiary/aromatic N) is 1. The topological polar surface area (TPSA) is 67.9 Å². The molecule has 0 fully saturated rings. The number of amides is 2. The number of rotatable bonds is 9. The first-order chi connectivity index (χ1) is 13.4. The fraction of sp³-hybridized carbons (Fsp3) is 0.333. The lowest BCUT2D eigenvalue weighted by Crippen LogP contribution is -2.34. The van der Waals surface area contributed by atoms with Crippen LogP contribution < -0.4 is 14.8 Å². The first kappa shape index (κ1) is 21.6. The summed E-state index contributed by atoms with van der Waals surface area (Å²) in [6, 6.07) is 12.3. The lowest BCUT2D eigenvalue weighted by molar-refractivity contribution is -0.133. The Balaban J connectivity index is 1.86. The molecule has 0 saturated heterocycles. The molecule has 2 aromatic rings. The Morgan fingerprint density at radius 3 is 2.29 bits per heavy atom. The zero-order valence-electron chi connectivity index (χ0n) is 16.3. The van der Waals surface area contributed by atoms with E-state index in [0.717, 1.165) is 5.56 Å². The third-order valence-corrected chi connectivity index (χ3v) is 4.37. The molecule has 0 unspecified atom stereocenters. The van der Waals surface area contributed by atoms with Gasteiger partial charge < -0.3 is 19.7 Å². The summed E-state index contributed by atoms with van der Waals surface area (Å²) in [5.74, 6) is 0.602. The van der Waals surface area contributed by atoms with Crippen LogP contribution in [-0.4, -0.2) is 43.0 Å². The molecule has 2 rings (SSSR count). The lowest BCUT2D eigenvalue weighted by atomic mass is 10.2. The van der Waals surface area contributed by atoms with Crippen LogP contribution >= 0.6 is 11.6 Å². The number of hydrogen-bond acceptors (Lipinski definition) is 4. The van der Waals surface area contributed by atoms with Crippen molar-refractivity contribution in [1.82, 2.24) is 4.90 Å². The van der Waals surface area contributed by atoms with E-state index in [1.807, 2.05) is 45.0 Å². The lowest BCUT2D eigenvalue weighted by Gasteiger charge is -2.19. The first-order valence-electron chi connectivity index (χ1n) is 9.12. The molecular formula is C21H25ClN2O4. The number of likely N-dealkylation sites (N-methyl/N-ethyl adjacent to an activating group) is 1. The van der Waals surface area contributed by atoms with Gasteiger partial charge in [0.2, 0.25) is 0 Å². The molecule has 1 N–H and O–H groups in total. The van der Waals surface area contributed by atoms with E-state index in [1.165, 1.54) is 0 Å². The fourth-order valence-corrected chi connectivity index (χ4v) is 2.72.